The van der Waals surface area contributed by atoms with Gasteiger partial charge in [-0.3, -0.25) is 4.79 Å². The molecule has 3 nitrogen and oxygen atoms in total. The highest BCUT2D eigenvalue weighted by molar-refractivity contribution is 6.19. The van der Waals surface area contributed by atoms with Crippen molar-refractivity contribution in [3.8, 4) is 11.3 Å². The van der Waals surface area contributed by atoms with E-state index in [1.54, 1.807) is 0 Å². The van der Waals surface area contributed by atoms with Crippen molar-refractivity contribution in [3.63, 3.8) is 0 Å². The molecule has 154 valence electrons. The molecule has 1 atom stereocenters. The van der Waals surface area contributed by atoms with Crippen LogP contribution in [0.2, 0.25) is 0 Å². The van der Waals surface area contributed by atoms with Crippen LogP contribution in [0.3, 0.4) is 0 Å². The van der Waals surface area contributed by atoms with E-state index < -0.39 is 5.54 Å². The number of nitrogens with zero attached hydrogens (tertiary/aromatic N) is 1. The van der Waals surface area contributed by atoms with Gasteiger partial charge in [-0.2, -0.15) is 0 Å². The van der Waals surface area contributed by atoms with Crippen LogP contribution in [0.1, 0.15) is 21.5 Å². The molecule has 1 aromatic heterocycles. The lowest BCUT2D eigenvalue weighted by molar-refractivity contribution is 0.0929. The molecule has 0 spiro atoms. The van der Waals surface area contributed by atoms with E-state index in [1.807, 2.05) is 79.8 Å². The number of carbonyl (C=O) groups excluding carboxylic acids is 1. The number of rotatable bonds is 3. The van der Waals surface area contributed by atoms with Crippen molar-refractivity contribution in [1.82, 2.24) is 4.98 Å². The maximum atomic E-state index is 14.4. The number of benzene rings is 4. The molecule has 4 aromatic carbocycles. The van der Waals surface area contributed by atoms with Crippen molar-refractivity contribution in [2.45, 2.75) is 5.54 Å². The van der Waals surface area contributed by atoms with Crippen LogP contribution in [0.15, 0.2) is 109 Å². The van der Waals surface area contributed by atoms with Gasteiger partial charge >= 0.3 is 0 Å². The minimum atomic E-state index is -0.976. The Bertz CT molecular complexity index is 1450. The summed E-state index contributed by atoms with van der Waals surface area (Å²) >= 11 is 0. The second-order valence-corrected chi connectivity index (χ2v) is 8.27. The molecule has 0 radical (unpaired) electrons. The number of para-hydroxylation sites is 2. The summed E-state index contributed by atoms with van der Waals surface area (Å²) in [4.78, 5) is 20.2. The lowest BCUT2D eigenvalue weighted by Crippen LogP contribution is -2.47. The smallest absolute Gasteiger partial charge is 0.199 e. The summed E-state index contributed by atoms with van der Waals surface area (Å²) in [5.74, 6) is 0.101. The molecule has 0 saturated heterocycles. The molecule has 0 saturated carbocycles. The van der Waals surface area contributed by atoms with Gasteiger partial charge in [-0.1, -0.05) is 91.0 Å². The van der Waals surface area contributed by atoms with Gasteiger partial charge in [0.25, 0.3) is 0 Å². The lowest BCUT2D eigenvalue weighted by Gasteiger charge is -2.38. The lowest BCUT2D eigenvalue weighted by atomic mass is 9.76. The fourth-order valence-electron chi connectivity index (χ4n) is 5.25. The second kappa shape index (κ2) is 6.96. The molecule has 0 bridgehead atoms. The van der Waals surface area contributed by atoms with Crippen molar-refractivity contribution in [2.75, 3.05) is 11.9 Å². The zero-order chi connectivity index (χ0) is 21.7. The summed E-state index contributed by atoms with van der Waals surface area (Å²) in [6.45, 7) is 0. The van der Waals surface area contributed by atoms with Gasteiger partial charge < -0.3 is 9.88 Å². The molecular formula is C29H22N2O. The Labute approximate surface area is 187 Å². The van der Waals surface area contributed by atoms with Crippen molar-refractivity contribution >= 4 is 22.4 Å². The highest BCUT2D eigenvalue weighted by Gasteiger charge is 2.54. The molecule has 3 heteroatoms. The van der Waals surface area contributed by atoms with Crippen LogP contribution in [-0.2, 0) is 5.54 Å². The average molecular weight is 415 g/mol. The first kappa shape index (κ1) is 18.6. The summed E-state index contributed by atoms with van der Waals surface area (Å²) in [5, 5.41) is 1.06. The molecule has 1 N–H and O–H groups in total. The van der Waals surface area contributed by atoms with Crippen LogP contribution in [0.4, 0.5) is 5.69 Å². The molecule has 1 aliphatic heterocycles. The normalized spacial score (nSPS) is 17.7. The van der Waals surface area contributed by atoms with Gasteiger partial charge in [-0.15, -0.1) is 0 Å². The summed E-state index contributed by atoms with van der Waals surface area (Å²) in [5.41, 5.74) is 5.74. The van der Waals surface area contributed by atoms with Crippen LogP contribution in [0, 0.1) is 0 Å². The first-order chi connectivity index (χ1) is 15.7. The van der Waals surface area contributed by atoms with Gasteiger partial charge in [-0.05, 0) is 29.3 Å². The fraction of sp³-hybridized carbons (Fsp3) is 0.0690. The third-order valence-electron chi connectivity index (χ3n) is 6.66. The number of hydrogen-bond donors (Lipinski definition) is 1. The number of hydrogen-bond acceptors (Lipinski definition) is 2. The number of likely N-dealkylation sites (N-methyl/N-ethyl adjacent to an activating group) is 1. The van der Waals surface area contributed by atoms with E-state index >= 15 is 0 Å². The number of ketones is 1. The quantitative estimate of drug-likeness (QED) is 0.370. The SMILES string of the molecule is CN1c2ccccc2C(=O)C1(c1ccccc1)c1c(-c2ccccc2)[nH]c2ccccc12. The van der Waals surface area contributed by atoms with E-state index in [0.717, 1.165) is 44.5 Å². The third kappa shape index (κ3) is 2.39. The first-order valence-corrected chi connectivity index (χ1v) is 10.8. The molecule has 0 aliphatic carbocycles. The maximum Gasteiger partial charge on any atom is 0.199 e. The highest BCUT2D eigenvalue weighted by atomic mass is 16.1. The standard InChI is InChI=1S/C29H22N2O/c1-31-25-19-11-9-17-23(25)28(32)29(31,21-14-6-3-7-15-21)26-22-16-8-10-18-24(22)30-27(26)20-12-4-2-5-13-20/h2-19,30H,1H3. The Morgan fingerprint density at radius 3 is 2.09 bits per heavy atom. The van der Waals surface area contributed by atoms with E-state index in [4.69, 9.17) is 0 Å². The molecule has 32 heavy (non-hydrogen) atoms. The first-order valence-electron chi connectivity index (χ1n) is 10.8. The van der Waals surface area contributed by atoms with Crippen molar-refractivity contribution in [2.24, 2.45) is 0 Å². The van der Waals surface area contributed by atoms with Crippen LogP contribution in [0.25, 0.3) is 22.2 Å². The zero-order valence-electron chi connectivity index (χ0n) is 17.7. The van der Waals surface area contributed by atoms with E-state index in [0.29, 0.717) is 0 Å². The predicted octanol–water partition coefficient (Wildman–Crippen LogP) is 6.41. The van der Waals surface area contributed by atoms with E-state index in [1.165, 1.54) is 0 Å². The molecular weight excluding hydrogens is 392 g/mol. The Hall–Kier alpha value is -4.11. The Morgan fingerprint density at radius 2 is 1.34 bits per heavy atom. The second-order valence-electron chi connectivity index (χ2n) is 8.27. The van der Waals surface area contributed by atoms with Crippen molar-refractivity contribution < 1.29 is 4.79 Å². The fourth-order valence-corrected chi connectivity index (χ4v) is 5.25. The largest absolute Gasteiger partial charge is 0.354 e. The van der Waals surface area contributed by atoms with Gasteiger partial charge in [0.15, 0.2) is 11.3 Å². The average Bonchev–Trinajstić information content (AvgIpc) is 3.35. The van der Waals surface area contributed by atoms with E-state index in [2.05, 4.69) is 46.3 Å². The number of aromatic nitrogens is 1. The summed E-state index contributed by atoms with van der Waals surface area (Å²) < 4.78 is 0. The number of nitrogens with one attached hydrogen (secondary N) is 1. The zero-order valence-corrected chi connectivity index (χ0v) is 17.7. The predicted molar refractivity (Wildman–Crippen MR) is 130 cm³/mol. The summed E-state index contributed by atoms with van der Waals surface area (Å²) in [7, 11) is 2.04. The van der Waals surface area contributed by atoms with Crippen molar-refractivity contribution in [1.29, 1.82) is 0 Å². The molecule has 0 fully saturated rings. The van der Waals surface area contributed by atoms with Gasteiger partial charge in [0.05, 0.1) is 5.69 Å². The molecule has 2 heterocycles. The monoisotopic (exact) mass is 414 g/mol. The minimum Gasteiger partial charge on any atom is -0.354 e. The molecule has 6 rings (SSSR count). The number of Topliss-reactive ketones (excluding diaryl/α,β-unsaturated/α-hetero) is 1. The van der Waals surface area contributed by atoms with Crippen LogP contribution < -0.4 is 4.90 Å². The van der Waals surface area contributed by atoms with Gasteiger partial charge in [-0.25, -0.2) is 0 Å². The van der Waals surface area contributed by atoms with Crippen LogP contribution >= 0.6 is 0 Å². The number of aromatic amines is 1. The Balaban J connectivity index is 1.78. The number of H-pyrrole nitrogens is 1. The minimum absolute atomic E-state index is 0.101. The number of anilines is 1. The summed E-state index contributed by atoms with van der Waals surface area (Å²) in [6.07, 6.45) is 0. The third-order valence-corrected chi connectivity index (χ3v) is 6.66. The summed E-state index contributed by atoms with van der Waals surface area (Å²) in [6, 6.07) is 36.6. The molecule has 1 aliphatic rings. The maximum absolute atomic E-state index is 14.4. The topological polar surface area (TPSA) is 36.1 Å². The highest BCUT2D eigenvalue weighted by Crippen LogP contribution is 2.52. The van der Waals surface area contributed by atoms with Gasteiger partial charge in [0.1, 0.15) is 0 Å². The molecule has 0 amide bonds. The molecule has 5 aromatic rings. The molecule has 1 unspecified atom stereocenters. The number of fused-ring (bicyclic) bond motifs is 2. The Kier molecular flexibility index (Phi) is 4.05. The van der Waals surface area contributed by atoms with Crippen molar-refractivity contribution in [3.05, 3.63) is 126 Å². The van der Waals surface area contributed by atoms with Gasteiger partial charge in [0, 0.05) is 34.8 Å². The van der Waals surface area contributed by atoms with E-state index in [-0.39, 0.29) is 5.78 Å². The Morgan fingerprint density at radius 1 is 0.719 bits per heavy atom. The van der Waals surface area contributed by atoms with E-state index in [9.17, 15) is 4.79 Å². The van der Waals surface area contributed by atoms with Crippen LogP contribution in [-0.4, -0.2) is 17.8 Å². The van der Waals surface area contributed by atoms with Crippen LogP contribution in [0.5, 0.6) is 0 Å². The number of carbonyl (C=O) groups is 1. The van der Waals surface area contributed by atoms with Gasteiger partial charge in [0.2, 0.25) is 0 Å².